The first-order valence-electron chi connectivity index (χ1n) is 11.3. The molecule has 0 saturated heterocycles. The van der Waals surface area contributed by atoms with E-state index in [0.29, 0.717) is 24.5 Å². The van der Waals surface area contributed by atoms with Gasteiger partial charge in [0.05, 0.1) is 12.1 Å². The molecule has 0 atom stereocenters. The highest BCUT2D eigenvalue weighted by molar-refractivity contribution is 5.83. The summed E-state index contributed by atoms with van der Waals surface area (Å²) in [5, 5.41) is 4.35. The minimum Gasteiger partial charge on any atom is -0.361 e. The van der Waals surface area contributed by atoms with Gasteiger partial charge in [0, 0.05) is 37.7 Å². The molecule has 36 heavy (non-hydrogen) atoms. The Morgan fingerprint density at radius 2 is 1.72 bits per heavy atom. The Kier molecular flexibility index (Phi) is 5.70. The Morgan fingerprint density at radius 3 is 2.44 bits per heavy atom. The van der Waals surface area contributed by atoms with Crippen molar-refractivity contribution in [3.05, 3.63) is 92.3 Å². The molecule has 0 unspecified atom stereocenters. The van der Waals surface area contributed by atoms with E-state index in [1.54, 1.807) is 4.57 Å². The lowest BCUT2D eigenvalue weighted by Gasteiger charge is -2.12. The highest BCUT2D eigenvalue weighted by Crippen LogP contribution is 2.29. The van der Waals surface area contributed by atoms with Crippen LogP contribution in [0.4, 0.5) is 19.1 Å². The van der Waals surface area contributed by atoms with Crippen molar-refractivity contribution in [2.45, 2.75) is 19.1 Å². The van der Waals surface area contributed by atoms with E-state index in [-0.39, 0.29) is 17.7 Å². The fourth-order valence-corrected chi connectivity index (χ4v) is 4.36. The van der Waals surface area contributed by atoms with Gasteiger partial charge in [-0.2, -0.15) is 18.2 Å². The van der Waals surface area contributed by atoms with Gasteiger partial charge in [0.15, 0.2) is 11.2 Å². The molecule has 0 aliphatic heterocycles. The van der Waals surface area contributed by atoms with Crippen LogP contribution in [0.25, 0.3) is 22.1 Å². The van der Waals surface area contributed by atoms with Gasteiger partial charge in [-0.15, -0.1) is 0 Å². The number of aryl methyl sites for hydroxylation is 1. The van der Waals surface area contributed by atoms with Crippen LogP contribution < -0.4 is 16.6 Å². The lowest BCUT2D eigenvalue weighted by molar-refractivity contribution is -0.137. The summed E-state index contributed by atoms with van der Waals surface area (Å²) in [6.45, 7) is 0.573. The number of rotatable bonds is 6. The van der Waals surface area contributed by atoms with Gasteiger partial charge in [-0.3, -0.25) is 18.5 Å². The van der Waals surface area contributed by atoms with Gasteiger partial charge in [-0.1, -0.05) is 30.3 Å². The summed E-state index contributed by atoms with van der Waals surface area (Å²) in [6, 6.07) is 12.7. The van der Waals surface area contributed by atoms with Crippen LogP contribution in [0.15, 0.2) is 64.3 Å². The Labute approximate surface area is 202 Å². The molecule has 0 saturated carbocycles. The van der Waals surface area contributed by atoms with Crippen LogP contribution in [0.3, 0.4) is 0 Å². The molecule has 5 aromatic rings. The monoisotopic (exact) mass is 496 g/mol. The summed E-state index contributed by atoms with van der Waals surface area (Å²) in [5.41, 5.74) is 1.27. The zero-order valence-electron chi connectivity index (χ0n) is 19.6. The van der Waals surface area contributed by atoms with Gasteiger partial charge >= 0.3 is 11.9 Å². The normalized spacial score (nSPS) is 12.0. The molecule has 0 bridgehead atoms. The Bertz CT molecular complexity index is 1690. The van der Waals surface area contributed by atoms with Crippen LogP contribution in [-0.4, -0.2) is 30.2 Å². The molecule has 0 spiro atoms. The third-order valence-electron chi connectivity index (χ3n) is 6.32. The highest BCUT2D eigenvalue weighted by atomic mass is 19.4. The molecule has 11 heteroatoms. The van der Waals surface area contributed by atoms with E-state index in [0.717, 1.165) is 33.2 Å². The van der Waals surface area contributed by atoms with E-state index >= 15 is 0 Å². The average molecular weight is 496 g/mol. The van der Waals surface area contributed by atoms with Crippen molar-refractivity contribution in [2.24, 2.45) is 14.1 Å². The molecule has 0 fully saturated rings. The molecule has 0 radical (unpaired) electrons. The number of halogens is 3. The third kappa shape index (κ3) is 4.06. The first-order chi connectivity index (χ1) is 17.1. The minimum atomic E-state index is -4.44. The average Bonchev–Trinajstić information content (AvgIpc) is 3.43. The maximum absolute atomic E-state index is 13.0. The number of benzene rings is 2. The number of nitrogens with one attached hydrogen (secondary N) is 2. The van der Waals surface area contributed by atoms with E-state index < -0.39 is 23.0 Å². The zero-order chi connectivity index (χ0) is 25.6. The fourth-order valence-electron chi connectivity index (χ4n) is 4.36. The molecular formula is C25H23F3N6O2. The fraction of sp³-hybridized carbons (Fsp3) is 0.240. The van der Waals surface area contributed by atoms with Crippen molar-refractivity contribution in [3.8, 4) is 0 Å². The summed E-state index contributed by atoms with van der Waals surface area (Å²) < 4.78 is 42.9. The number of anilines is 1. The third-order valence-corrected chi connectivity index (χ3v) is 6.32. The largest absolute Gasteiger partial charge is 0.416 e. The smallest absolute Gasteiger partial charge is 0.361 e. The second kappa shape index (κ2) is 8.74. The topological polar surface area (TPSA) is 89.6 Å². The van der Waals surface area contributed by atoms with E-state index in [4.69, 9.17) is 0 Å². The Hall–Kier alpha value is -4.28. The van der Waals surface area contributed by atoms with Gasteiger partial charge in [0.2, 0.25) is 5.95 Å². The lowest BCUT2D eigenvalue weighted by Crippen LogP contribution is -2.37. The number of imidazole rings is 1. The number of H-pyrrole nitrogens is 1. The molecular weight excluding hydrogens is 473 g/mol. The van der Waals surface area contributed by atoms with Crippen LogP contribution in [0.1, 0.15) is 16.7 Å². The first-order valence-corrected chi connectivity index (χ1v) is 11.3. The number of para-hydroxylation sites is 1. The maximum Gasteiger partial charge on any atom is 0.416 e. The zero-order valence-corrected chi connectivity index (χ0v) is 19.6. The van der Waals surface area contributed by atoms with Crippen LogP contribution in [0, 0.1) is 0 Å². The predicted molar refractivity (Wildman–Crippen MR) is 131 cm³/mol. The summed E-state index contributed by atoms with van der Waals surface area (Å²) >= 11 is 0. The van der Waals surface area contributed by atoms with Crippen molar-refractivity contribution in [1.82, 2.24) is 23.7 Å². The summed E-state index contributed by atoms with van der Waals surface area (Å²) in [7, 11) is 2.90. The number of hydrogen-bond acceptors (Lipinski definition) is 4. The number of nitrogens with zero attached hydrogens (tertiary/aromatic N) is 4. The summed E-state index contributed by atoms with van der Waals surface area (Å²) in [5.74, 6) is 0.350. The number of hydrogen-bond donors (Lipinski definition) is 2. The van der Waals surface area contributed by atoms with Crippen LogP contribution in [0.5, 0.6) is 0 Å². The summed E-state index contributed by atoms with van der Waals surface area (Å²) in [4.78, 5) is 33.2. The second-order valence-electron chi connectivity index (χ2n) is 8.63. The van der Waals surface area contributed by atoms with Crippen molar-refractivity contribution in [1.29, 1.82) is 0 Å². The Morgan fingerprint density at radius 1 is 1.00 bits per heavy atom. The van der Waals surface area contributed by atoms with Gasteiger partial charge in [-0.05, 0) is 35.7 Å². The highest BCUT2D eigenvalue weighted by Gasteiger charge is 2.30. The number of alkyl halides is 3. The molecule has 8 nitrogen and oxygen atoms in total. The van der Waals surface area contributed by atoms with Crippen molar-refractivity contribution in [2.75, 3.05) is 11.9 Å². The molecule has 3 heterocycles. The first kappa shape index (κ1) is 23.5. The number of aromatic nitrogens is 5. The number of fused-ring (bicyclic) bond motifs is 2. The molecule has 0 aliphatic rings. The summed E-state index contributed by atoms with van der Waals surface area (Å²) in [6.07, 6.45) is -1.84. The maximum atomic E-state index is 13.0. The molecule has 186 valence electrons. The molecule has 0 aliphatic carbocycles. The van der Waals surface area contributed by atoms with Gasteiger partial charge in [-0.25, -0.2) is 4.79 Å². The second-order valence-corrected chi connectivity index (χ2v) is 8.63. The van der Waals surface area contributed by atoms with Gasteiger partial charge in [0.25, 0.3) is 5.56 Å². The quantitative estimate of drug-likeness (QED) is 0.376. The van der Waals surface area contributed by atoms with Crippen LogP contribution in [0.2, 0.25) is 0 Å². The van der Waals surface area contributed by atoms with Crippen molar-refractivity contribution < 1.29 is 13.2 Å². The lowest BCUT2D eigenvalue weighted by atomic mass is 10.1. The van der Waals surface area contributed by atoms with Crippen LogP contribution >= 0.6 is 0 Å². The van der Waals surface area contributed by atoms with Crippen molar-refractivity contribution >= 4 is 28.0 Å². The standard InChI is InChI=1S/C25H23F3N6O2/c1-32-21-20(22(35)33(2)24(32)36)34(14-15-7-9-17(10-8-15)25(26,27)28)23(31-21)29-12-11-16-13-30-19-6-4-3-5-18(16)19/h3-10,13,30H,11-12,14H2,1-2H3,(H,29,31). The molecule has 5 rings (SSSR count). The predicted octanol–water partition coefficient (Wildman–Crippen LogP) is 3.64. The van der Waals surface area contributed by atoms with Gasteiger partial charge < -0.3 is 10.3 Å². The molecule has 2 N–H and O–H groups in total. The van der Waals surface area contributed by atoms with E-state index in [2.05, 4.69) is 15.3 Å². The number of aromatic amines is 1. The van der Waals surface area contributed by atoms with E-state index in [1.165, 1.54) is 30.8 Å². The minimum absolute atomic E-state index is 0.0947. The van der Waals surface area contributed by atoms with Gasteiger partial charge in [0.1, 0.15) is 0 Å². The van der Waals surface area contributed by atoms with Crippen LogP contribution in [-0.2, 0) is 33.2 Å². The Balaban J connectivity index is 1.51. The van der Waals surface area contributed by atoms with Crippen molar-refractivity contribution in [3.63, 3.8) is 0 Å². The van der Waals surface area contributed by atoms with E-state index in [1.807, 2.05) is 30.5 Å². The molecule has 3 aromatic heterocycles. The SMILES string of the molecule is Cn1c(=O)c2c(nc(NCCc3c[nH]c4ccccc34)n2Cc2ccc(C(F)(F)F)cc2)n(C)c1=O. The molecule has 2 aromatic carbocycles. The molecule has 0 amide bonds. The van der Waals surface area contributed by atoms with E-state index in [9.17, 15) is 22.8 Å².